The van der Waals surface area contributed by atoms with Crippen LogP contribution in [0, 0.1) is 6.92 Å². The average Bonchev–Trinajstić information content (AvgIpc) is 2.99. The summed E-state index contributed by atoms with van der Waals surface area (Å²) < 4.78 is 9.79. The smallest absolute Gasteiger partial charge is 0.265 e. The van der Waals surface area contributed by atoms with Gasteiger partial charge < -0.3 is 10.1 Å². The second kappa shape index (κ2) is 6.42. The van der Waals surface area contributed by atoms with Crippen molar-refractivity contribution in [3.05, 3.63) is 31.9 Å². The molecule has 1 amide bonds. The van der Waals surface area contributed by atoms with E-state index in [1.54, 1.807) is 14.0 Å². The Labute approximate surface area is 123 Å². The third-order valence-electron chi connectivity index (χ3n) is 2.50. The van der Waals surface area contributed by atoms with Crippen LogP contribution in [0.5, 0.6) is 0 Å². The van der Waals surface area contributed by atoms with Crippen LogP contribution in [0.4, 0.5) is 0 Å². The first kappa shape index (κ1) is 14.4. The maximum Gasteiger partial charge on any atom is 0.265 e. The van der Waals surface area contributed by atoms with Crippen molar-refractivity contribution in [2.75, 3.05) is 13.7 Å². The van der Waals surface area contributed by atoms with Crippen molar-refractivity contribution >= 4 is 40.4 Å². The molecule has 0 aliphatic rings. The Balaban J connectivity index is 1.97. The zero-order valence-electron chi connectivity index (χ0n) is 10.3. The van der Waals surface area contributed by atoms with E-state index < -0.39 is 0 Å². The van der Waals surface area contributed by atoms with Crippen molar-refractivity contribution in [3.8, 4) is 0 Å². The van der Waals surface area contributed by atoms with E-state index in [4.69, 9.17) is 16.3 Å². The van der Waals surface area contributed by atoms with Gasteiger partial charge in [-0.2, -0.15) is 0 Å². The first-order chi connectivity index (χ1) is 9.11. The minimum Gasteiger partial charge on any atom is -0.374 e. The van der Waals surface area contributed by atoms with Gasteiger partial charge >= 0.3 is 0 Å². The van der Waals surface area contributed by atoms with Crippen LogP contribution in [-0.4, -0.2) is 29.1 Å². The second-order valence-electron chi connectivity index (χ2n) is 3.76. The lowest BCUT2D eigenvalue weighted by atomic mass is 10.3. The Morgan fingerprint density at radius 1 is 1.58 bits per heavy atom. The number of aromatic nitrogens is 2. The molecule has 0 aliphatic carbocycles. The number of thiophene rings is 1. The molecule has 0 saturated carbocycles. The molecule has 1 N–H and O–H groups in total. The fraction of sp³-hybridized carbons (Fsp3) is 0.364. The number of carbonyl (C=O) groups excluding carboxylic acids is 1. The lowest BCUT2D eigenvalue weighted by Crippen LogP contribution is -2.28. The summed E-state index contributed by atoms with van der Waals surface area (Å²) in [6, 6.07) is 3.71. The standard InChI is InChI=1S/C11H12ClN3O2S2/c1-6-10(19-15-14-6)11(16)13-5-7(17-2)8-3-4-9(12)18-8/h3-4,7H,5H2,1-2H3,(H,13,16). The molecule has 0 aliphatic heterocycles. The van der Waals surface area contributed by atoms with Crippen LogP contribution in [-0.2, 0) is 4.74 Å². The molecule has 2 aromatic heterocycles. The predicted molar refractivity (Wildman–Crippen MR) is 76.1 cm³/mol. The molecule has 2 heterocycles. The molecule has 2 aromatic rings. The fourth-order valence-electron chi connectivity index (χ4n) is 1.51. The van der Waals surface area contributed by atoms with E-state index in [-0.39, 0.29) is 12.0 Å². The number of halogens is 1. The number of aryl methyl sites for hydroxylation is 1. The molecule has 0 bridgehead atoms. The summed E-state index contributed by atoms with van der Waals surface area (Å²) in [6.07, 6.45) is -0.206. The second-order valence-corrected chi connectivity index (χ2v) is 6.26. The minimum absolute atomic E-state index is 0.183. The topological polar surface area (TPSA) is 64.1 Å². The maximum atomic E-state index is 11.9. The van der Waals surface area contributed by atoms with Gasteiger partial charge in [-0.15, -0.1) is 16.4 Å². The number of nitrogens with zero attached hydrogens (tertiary/aromatic N) is 2. The third kappa shape index (κ3) is 3.50. The number of rotatable bonds is 5. The number of carbonyl (C=O) groups is 1. The average molecular weight is 318 g/mol. The molecule has 1 unspecified atom stereocenters. The number of nitrogens with one attached hydrogen (secondary N) is 1. The number of hydrogen-bond acceptors (Lipinski definition) is 6. The molecule has 0 aromatic carbocycles. The van der Waals surface area contributed by atoms with Crippen LogP contribution in [0.15, 0.2) is 12.1 Å². The number of hydrogen-bond donors (Lipinski definition) is 1. The van der Waals surface area contributed by atoms with Gasteiger partial charge in [-0.25, -0.2) is 0 Å². The Hall–Kier alpha value is -1.02. The number of methoxy groups -OCH3 is 1. The highest BCUT2D eigenvalue weighted by Gasteiger charge is 2.17. The predicted octanol–water partition coefficient (Wildman–Crippen LogP) is 2.68. The molecular weight excluding hydrogens is 306 g/mol. The Morgan fingerprint density at radius 2 is 2.37 bits per heavy atom. The van der Waals surface area contributed by atoms with Gasteiger partial charge in [-0.1, -0.05) is 16.1 Å². The minimum atomic E-state index is -0.206. The van der Waals surface area contributed by atoms with Crippen molar-refractivity contribution in [1.29, 1.82) is 0 Å². The highest BCUT2D eigenvalue weighted by atomic mass is 35.5. The van der Waals surface area contributed by atoms with E-state index in [0.717, 1.165) is 16.4 Å². The van der Waals surface area contributed by atoms with Gasteiger partial charge in [-0.05, 0) is 30.6 Å². The Bertz CT molecular complexity index is 570. The van der Waals surface area contributed by atoms with Crippen molar-refractivity contribution in [3.63, 3.8) is 0 Å². The lowest BCUT2D eigenvalue weighted by molar-refractivity contribution is 0.0840. The summed E-state index contributed by atoms with van der Waals surface area (Å²) in [4.78, 5) is 13.4. The molecule has 19 heavy (non-hydrogen) atoms. The van der Waals surface area contributed by atoms with E-state index >= 15 is 0 Å². The van der Waals surface area contributed by atoms with Gasteiger partial charge in [-0.3, -0.25) is 4.79 Å². The number of ether oxygens (including phenoxy) is 1. The lowest BCUT2D eigenvalue weighted by Gasteiger charge is -2.14. The highest BCUT2D eigenvalue weighted by Crippen LogP contribution is 2.28. The van der Waals surface area contributed by atoms with Gasteiger partial charge in [0.2, 0.25) is 0 Å². The first-order valence-electron chi connectivity index (χ1n) is 5.47. The molecule has 0 saturated heterocycles. The zero-order chi connectivity index (χ0) is 13.8. The molecule has 2 rings (SSSR count). The van der Waals surface area contributed by atoms with Crippen LogP contribution in [0.2, 0.25) is 4.34 Å². The van der Waals surface area contributed by atoms with E-state index in [0.29, 0.717) is 21.5 Å². The first-order valence-corrected chi connectivity index (χ1v) is 7.43. The summed E-state index contributed by atoms with van der Waals surface area (Å²) in [6.45, 7) is 2.13. The SMILES string of the molecule is COC(CNC(=O)c1snnc1C)c1ccc(Cl)s1. The van der Waals surface area contributed by atoms with E-state index in [9.17, 15) is 4.79 Å². The molecule has 0 spiro atoms. The molecule has 1 atom stereocenters. The highest BCUT2D eigenvalue weighted by molar-refractivity contribution is 7.16. The maximum absolute atomic E-state index is 11.9. The van der Waals surface area contributed by atoms with Crippen molar-refractivity contribution in [2.24, 2.45) is 0 Å². The van der Waals surface area contributed by atoms with Gasteiger partial charge in [0.25, 0.3) is 5.91 Å². The van der Waals surface area contributed by atoms with Gasteiger partial charge in [0.15, 0.2) is 0 Å². The third-order valence-corrected chi connectivity index (χ3v) is 4.65. The summed E-state index contributed by atoms with van der Waals surface area (Å²) >= 11 is 8.41. The fourth-order valence-corrected chi connectivity index (χ4v) is 3.22. The van der Waals surface area contributed by atoms with E-state index in [1.807, 2.05) is 12.1 Å². The molecule has 5 nitrogen and oxygen atoms in total. The summed E-state index contributed by atoms with van der Waals surface area (Å²) in [5.41, 5.74) is 0.635. The van der Waals surface area contributed by atoms with Crippen LogP contribution in [0.1, 0.15) is 26.3 Å². The van der Waals surface area contributed by atoms with Crippen molar-refractivity contribution in [1.82, 2.24) is 14.9 Å². The molecule has 102 valence electrons. The van der Waals surface area contributed by atoms with E-state index in [2.05, 4.69) is 14.9 Å². The Kier molecular flexibility index (Phi) is 4.87. The molecule has 8 heteroatoms. The summed E-state index contributed by atoms with van der Waals surface area (Å²) in [5, 5.41) is 6.62. The number of amides is 1. The van der Waals surface area contributed by atoms with Crippen molar-refractivity contribution in [2.45, 2.75) is 13.0 Å². The molecule has 0 fully saturated rings. The van der Waals surface area contributed by atoms with Crippen molar-refractivity contribution < 1.29 is 9.53 Å². The monoisotopic (exact) mass is 317 g/mol. The van der Waals surface area contributed by atoms with Crippen LogP contribution in [0.25, 0.3) is 0 Å². The van der Waals surface area contributed by atoms with E-state index in [1.165, 1.54) is 11.3 Å². The Morgan fingerprint density at radius 3 is 2.89 bits per heavy atom. The largest absolute Gasteiger partial charge is 0.374 e. The zero-order valence-corrected chi connectivity index (χ0v) is 12.7. The summed E-state index contributed by atoms with van der Waals surface area (Å²) in [7, 11) is 1.60. The molecular formula is C11H12ClN3O2S2. The van der Waals surface area contributed by atoms with Crippen LogP contribution >= 0.6 is 34.5 Å². The summed E-state index contributed by atoms with van der Waals surface area (Å²) in [5.74, 6) is -0.183. The quantitative estimate of drug-likeness (QED) is 0.921. The van der Waals surface area contributed by atoms with Crippen LogP contribution in [0.3, 0.4) is 0 Å². The normalized spacial score (nSPS) is 12.4. The van der Waals surface area contributed by atoms with Gasteiger partial charge in [0.05, 0.1) is 10.0 Å². The van der Waals surface area contributed by atoms with Gasteiger partial charge in [0, 0.05) is 18.5 Å². The molecule has 0 radical (unpaired) electrons. The van der Waals surface area contributed by atoms with Crippen LogP contribution < -0.4 is 5.32 Å². The van der Waals surface area contributed by atoms with Gasteiger partial charge in [0.1, 0.15) is 11.0 Å².